The quantitative estimate of drug-likeness (QED) is 0.388. The molecule has 0 aliphatic carbocycles. The highest BCUT2D eigenvalue weighted by Crippen LogP contribution is 2.34. The summed E-state index contributed by atoms with van der Waals surface area (Å²) in [6.07, 6.45) is 1.65. The lowest BCUT2D eigenvalue weighted by Crippen LogP contribution is -2.49. The summed E-state index contributed by atoms with van der Waals surface area (Å²) in [4.78, 5) is 18.6. The van der Waals surface area contributed by atoms with Crippen LogP contribution in [0, 0.1) is 5.82 Å². The fourth-order valence-corrected chi connectivity index (χ4v) is 5.24. The molecule has 1 aliphatic rings. The van der Waals surface area contributed by atoms with Crippen molar-refractivity contribution in [2.24, 2.45) is 0 Å². The molecule has 1 N–H and O–H groups in total. The molecule has 4 rings (SSSR count). The first kappa shape index (κ1) is 26.3. The Balaban J connectivity index is 1.37. The summed E-state index contributed by atoms with van der Waals surface area (Å²) in [6, 6.07) is 11.4. The smallest absolute Gasteiger partial charge is 0.237 e. The zero-order valence-electron chi connectivity index (χ0n) is 20.6. The zero-order chi connectivity index (χ0) is 25.5. The van der Waals surface area contributed by atoms with Gasteiger partial charge in [0, 0.05) is 24.0 Å². The molecule has 2 atom stereocenters. The van der Waals surface area contributed by atoms with Gasteiger partial charge < -0.3 is 23.9 Å². The van der Waals surface area contributed by atoms with E-state index >= 15 is 0 Å². The second kappa shape index (κ2) is 12.5. The summed E-state index contributed by atoms with van der Waals surface area (Å²) in [5.74, 6) is 0.925. The SMILES string of the molecule is CC(C)N(CC(=O)N1CCc2sccc2[C@H]1COc1ccc(F)cc1)C[C@H](O)COCc1ccco1. The Hall–Kier alpha value is -2.72. The number of rotatable bonds is 12. The molecule has 0 fully saturated rings. The van der Waals surface area contributed by atoms with Crippen molar-refractivity contribution in [3.05, 3.63) is 76.1 Å². The third-order valence-corrected chi connectivity index (χ3v) is 7.28. The van der Waals surface area contributed by atoms with Gasteiger partial charge in [0.25, 0.3) is 0 Å². The molecule has 0 bridgehead atoms. The monoisotopic (exact) mass is 516 g/mol. The number of halogens is 1. The van der Waals surface area contributed by atoms with E-state index in [1.54, 1.807) is 35.8 Å². The first-order valence-corrected chi connectivity index (χ1v) is 13.0. The summed E-state index contributed by atoms with van der Waals surface area (Å²) in [5, 5.41) is 12.6. The van der Waals surface area contributed by atoms with Crippen LogP contribution in [-0.2, 0) is 22.6 Å². The Labute approximate surface area is 215 Å². The number of furan rings is 1. The molecule has 1 amide bonds. The third kappa shape index (κ3) is 6.94. The second-order valence-corrected chi connectivity index (χ2v) is 10.2. The first-order valence-electron chi connectivity index (χ1n) is 12.2. The minimum atomic E-state index is -0.738. The molecule has 0 saturated carbocycles. The Kier molecular flexibility index (Phi) is 9.14. The largest absolute Gasteiger partial charge is 0.491 e. The molecule has 9 heteroatoms. The minimum Gasteiger partial charge on any atom is -0.491 e. The highest BCUT2D eigenvalue weighted by molar-refractivity contribution is 7.10. The average Bonchev–Trinajstić information content (AvgIpc) is 3.55. The van der Waals surface area contributed by atoms with E-state index in [2.05, 4.69) is 6.07 Å². The van der Waals surface area contributed by atoms with E-state index in [-0.39, 0.29) is 50.2 Å². The van der Waals surface area contributed by atoms with Gasteiger partial charge in [0.15, 0.2) is 0 Å². The van der Waals surface area contributed by atoms with Crippen LogP contribution in [0.4, 0.5) is 4.39 Å². The van der Waals surface area contributed by atoms with Crippen LogP contribution in [-0.4, -0.2) is 65.8 Å². The number of hydrogen-bond acceptors (Lipinski definition) is 7. The molecule has 0 spiro atoms. The number of ether oxygens (including phenoxy) is 2. The summed E-state index contributed by atoms with van der Waals surface area (Å²) < 4.78 is 30.0. The van der Waals surface area contributed by atoms with Crippen molar-refractivity contribution in [2.45, 2.75) is 45.1 Å². The van der Waals surface area contributed by atoms with Gasteiger partial charge in [-0.25, -0.2) is 4.39 Å². The van der Waals surface area contributed by atoms with Crippen LogP contribution in [0.3, 0.4) is 0 Å². The Bertz CT molecular complexity index is 1090. The molecule has 1 aromatic carbocycles. The molecular formula is C27H33FN2O5S. The standard InChI is InChI=1S/C27H33FN2O5S/c1-19(2)29(14-21(31)16-33-17-23-4-3-12-34-23)15-27(32)30-11-9-26-24(10-13-36-26)25(30)18-35-22-7-5-20(28)6-8-22/h3-8,10,12-13,19,21,25,31H,9,11,14-18H2,1-2H3/t21-,25+/m0/s1. The predicted molar refractivity (Wildman–Crippen MR) is 135 cm³/mol. The second-order valence-electron chi connectivity index (χ2n) is 9.19. The van der Waals surface area contributed by atoms with E-state index in [0.717, 1.165) is 12.0 Å². The van der Waals surface area contributed by atoms with Crippen molar-refractivity contribution in [1.29, 1.82) is 0 Å². The lowest BCUT2D eigenvalue weighted by molar-refractivity contribution is -0.137. The highest BCUT2D eigenvalue weighted by Gasteiger charge is 2.33. The summed E-state index contributed by atoms with van der Waals surface area (Å²) >= 11 is 1.69. The minimum absolute atomic E-state index is 0.0167. The first-order chi connectivity index (χ1) is 17.4. The van der Waals surface area contributed by atoms with Crippen LogP contribution >= 0.6 is 11.3 Å². The zero-order valence-corrected chi connectivity index (χ0v) is 21.5. The molecule has 36 heavy (non-hydrogen) atoms. The number of hydrogen-bond donors (Lipinski definition) is 1. The van der Waals surface area contributed by atoms with Crippen LogP contribution in [0.15, 0.2) is 58.5 Å². The molecule has 0 radical (unpaired) electrons. The molecule has 0 saturated heterocycles. The summed E-state index contributed by atoms with van der Waals surface area (Å²) in [7, 11) is 0. The Morgan fingerprint density at radius 3 is 2.81 bits per heavy atom. The predicted octanol–water partition coefficient (Wildman–Crippen LogP) is 4.27. The molecule has 3 aromatic rings. The number of carbonyl (C=O) groups is 1. The van der Waals surface area contributed by atoms with E-state index in [1.807, 2.05) is 35.1 Å². The number of nitrogens with zero attached hydrogens (tertiary/aromatic N) is 2. The van der Waals surface area contributed by atoms with E-state index in [0.29, 0.717) is 24.6 Å². The van der Waals surface area contributed by atoms with Crippen LogP contribution in [0.1, 0.15) is 36.1 Å². The van der Waals surface area contributed by atoms with Gasteiger partial charge in [-0.05, 0) is 73.7 Å². The maximum atomic E-state index is 13.5. The third-order valence-electron chi connectivity index (χ3n) is 6.29. The lowest BCUT2D eigenvalue weighted by Gasteiger charge is -2.38. The molecule has 2 aromatic heterocycles. The average molecular weight is 517 g/mol. The number of benzene rings is 1. The van der Waals surface area contributed by atoms with Gasteiger partial charge in [-0.1, -0.05) is 0 Å². The van der Waals surface area contributed by atoms with E-state index in [4.69, 9.17) is 13.9 Å². The van der Waals surface area contributed by atoms with Crippen molar-refractivity contribution in [2.75, 3.05) is 32.8 Å². The van der Waals surface area contributed by atoms with Crippen molar-refractivity contribution >= 4 is 17.2 Å². The van der Waals surface area contributed by atoms with Crippen LogP contribution in [0.25, 0.3) is 0 Å². The van der Waals surface area contributed by atoms with Gasteiger partial charge in [0.2, 0.25) is 5.91 Å². The van der Waals surface area contributed by atoms with Gasteiger partial charge in [-0.3, -0.25) is 9.69 Å². The molecule has 7 nitrogen and oxygen atoms in total. The summed E-state index contributed by atoms with van der Waals surface area (Å²) in [6.45, 7) is 5.83. The van der Waals surface area contributed by atoms with E-state index < -0.39 is 6.10 Å². The number of amides is 1. The van der Waals surface area contributed by atoms with E-state index in [9.17, 15) is 14.3 Å². The topological polar surface area (TPSA) is 75.4 Å². The maximum absolute atomic E-state index is 13.5. The fourth-order valence-electron chi connectivity index (χ4n) is 4.32. The van der Waals surface area contributed by atoms with Crippen molar-refractivity contribution in [3.63, 3.8) is 0 Å². The number of thiophene rings is 1. The molecule has 194 valence electrons. The Morgan fingerprint density at radius 1 is 1.28 bits per heavy atom. The van der Waals surface area contributed by atoms with E-state index in [1.165, 1.54) is 17.0 Å². The lowest BCUT2D eigenvalue weighted by atomic mass is 10.00. The van der Waals surface area contributed by atoms with Crippen molar-refractivity contribution < 1.29 is 28.2 Å². The van der Waals surface area contributed by atoms with Gasteiger partial charge in [-0.15, -0.1) is 11.3 Å². The van der Waals surface area contributed by atoms with Gasteiger partial charge in [0.1, 0.15) is 30.5 Å². The van der Waals surface area contributed by atoms with Crippen LogP contribution < -0.4 is 4.74 Å². The normalized spacial score (nSPS) is 16.4. The van der Waals surface area contributed by atoms with Crippen LogP contribution in [0.2, 0.25) is 0 Å². The fraction of sp³-hybridized carbons (Fsp3) is 0.444. The molecular weight excluding hydrogens is 483 g/mol. The van der Waals surface area contributed by atoms with Crippen LogP contribution in [0.5, 0.6) is 5.75 Å². The maximum Gasteiger partial charge on any atom is 0.237 e. The highest BCUT2D eigenvalue weighted by atomic mass is 32.1. The summed E-state index contributed by atoms with van der Waals surface area (Å²) in [5.41, 5.74) is 1.10. The number of aliphatic hydroxyl groups excluding tert-OH is 1. The van der Waals surface area contributed by atoms with Gasteiger partial charge in [0.05, 0.1) is 31.6 Å². The number of carbonyl (C=O) groups excluding carboxylic acids is 1. The molecule has 3 heterocycles. The molecule has 1 aliphatic heterocycles. The van der Waals surface area contributed by atoms with Gasteiger partial charge in [-0.2, -0.15) is 0 Å². The van der Waals surface area contributed by atoms with Gasteiger partial charge >= 0.3 is 0 Å². The molecule has 0 unspecified atom stereocenters. The van der Waals surface area contributed by atoms with Crippen molar-refractivity contribution in [3.8, 4) is 5.75 Å². The van der Waals surface area contributed by atoms with Crippen molar-refractivity contribution in [1.82, 2.24) is 9.80 Å². The number of fused-ring (bicyclic) bond motifs is 1. The Morgan fingerprint density at radius 2 is 2.08 bits per heavy atom. The number of aliphatic hydroxyl groups is 1.